The Balaban J connectivity index is 1.90. The van der Waals surface area contributed by atoms with Crippen LogP contribution in [0.15, 0.2) is 0 Å². The lowest BCUT2D eigenvalue weighted by Gasteiger charge is -2.37. The van der Waals surface area contributed by atoms with Gasteiger partial charge in [-0.2, -0.15) is 15.0 Å². The Kier molecular flexibility index (Phi) is 3.22. The maximum absolute atomic E-state index is 5.93. The lowest BCUT2D eigenvalue weighted by atomic mass is 10.1. The van der Waals surface area contributed by atoms with Gasteiger partial charge in [-0.1, -0.05) is 0 Å². The quantitative estimate of drug-likeness (QED) is 0.874. The van der Waals surface area contributed by atoms with Gasteiger partial charge in [-0.15, -0.1) is 0 Å². The summed E-state index contributed by atoms with van der Waals surface area (Å²) in [7, 11) is 1.77. The fourth-order valence-corrected chi connectivity index (χ4v) is 2.91. The summed E-state index contributed by atoms with van der Waals surface area (Å²) in [6.07, 6.45) is 3.76. The van der Waals surface area contributed by atoms with Crippen molar-refractivity contribution in [1.29, 1.82) is 0 Å². The lowest BCUT2D eigenvalue weighted by molar-refractivity contribution is 0.0250. The van der Waals surface area contributed by atoms with Crippen LogP contribution in [-0.4, -0.2) is 47.3 Å². The highest BCUT2D eigenvalue weighted by molar-refractivity contribution is 6.28. The van der Waals surface area contributed by atoms with Gasteiger partial charge in [0.1, 0.15) is 0 Å². The number of hydrogen-bond acceptors (Lipinski definition) is 6. The number of rotatable bonds is 2. The van der Waals surface area contributed by atoms with Crippen LogP contribution >= 0.6 is 11.6 Å². The average Bonchev–Trinajstić information content (AvgIpc) is 2.85. The van der Waals surface area contributed by atoms with E-state index in [0.717, 1.165) is 26.0 Å². The zero-order chi connectivity index (χ0) is 12.5. The van der Waals surface area contributed by atoms with Crippen LogP contribution in [0.25, 0.3) is 0 Å². The number of fused-ring (bicyclic) bond motifs is 1. The molecule has 0 bridgehead atoms. The molecule has 0 amide bonds. The summed E-state index contributed by atoms with van der Waals surface area (Å²) in [4.78, 5) is 14.8. The van der Waals surface area contributed by atoms with E-state index in [0.29, 0.717) is 24.0 Å². The number of aromatic nitrogens is 3. The molecule has 2 fully saturated rings. The highest BCUT2D eigenvalue weighted by Gasteiger charge is 2.37. The predicted octanol–water partition coefficient (Wildman–Crippen LogP) is 1.32. The molecule has 0 spiro atoms. The van der Waals surface area contributed by atoms with Crippen molar-refractivity contribution >= 4 is 23.5 Å². The second-order valence-corrected chi connectivity index (χ2v) is 4.92. The van der Waals surface area contributed by atoms with Crippen molar-refractivity contribution in [2.24, 2.45) is 0 Å². The van der Waals surface area contributed by atoms with Crippen LogP contribution in [-0.2, 0) is 4.74 Å². The molecule has 18 heavy (non-hydrogen) atoms. The average molecular weight is 270 g/mol. The molecule has 3 rings (SSSR count). The Labute approximate surface area is 111 Å². The smallest absolute Gasteiger partial charge is 0.231 e. The van der Waals surface area contributed by atoms with E-state index in [1.807, 2.05) is 0 Å². The van der Waals surface area contributed by atoms with Crippen LogP contribution in [0.3, 0.4) is 0 Å². The van der Waals surface area contributed by atoms with E-state index < -0.39 is 0 Å². The topological polar surface area (TPSA) is 63.2 Å². The maximum atomic E-state index is 5.93. The number of morpholine rings is 1. The maximum Gasteiger partial charge on any atom is 0.231 e. The second-order valence-electron chi connectivity index (χ2n) is 4.58. The fraction of sp³-hybridized carbons (Fsp3) is 0.727. The molecule has 1 saturated heterocycles. The molecule has 1 saturated carbocycles. The van der Waals surface area contributed by atoms with Crippen molar-refractivity contribution in [3.63, 3.8) is 0 Å². The van der Waals surface area contributed by atoms with E-state index in [9.17, 15) is 0 Å². The SMILES string of the molecule is CNc1nc(Cl)nc(N2CCOC3CCCC32)n1. The molecular weight excluding hydrogens is 254 g/mol. The van der Waals surface area contributed by atoms with E-state index in [1.54, 1.807) is 7.05 Å². The molecule has 7 heteroatoms. The number of nitrogens with one attached hydrogen (secondary N) is 1. The van der Waals surface area contributed by atoms with Gasteiger partial charge < -0.3 is 15.0 Å². The Morgan fingerprint density at radius 2 is 2.22 bits per heavy atom. The molecule has 0 radical (unpaired) electrons. The third kappa shape index (κ3) is 2.10. The number of anilines is 2. The molecule has 1 aromatic heterocycles. The van der Waals surface area contributed by atoms with Crippen molar-refractivity contribution in [2.75, 3.05) is 30.4 Å². The number of halogens is 1. The first-order valence-corrected chi connectivity index (χ1v) is 6.63. The van der Waals surface area contributed by atoms with Crippen LogP contribution in [0, 0.1) is 0 Å². The van der Waals surface area contributed by atoms with Gasteiger partial charge in [0.25, 0.3) is 0 Å². The summed E-state index contributed by atoms with van der Waals surface area (Å²) in [5.74, 6) is 1.16. The third-order valence-electron chi connectivity index (χ3n) is 3.56. The van der Waals surface area contributed by atoms with Gasteiger partial charge in [0, 0.05) is 13.6 Å². The highest BCUT2D eigenvalue weighted by Crippen LogP contribution is 2.32. The lowest BCUT2D eigenvalue weighted by Crippen LogP contribution is -2.49. The largest absolute Gasteiger partial charge is 0.374 e. The summed E-state index contributed by atoms with van der Waals surface area (Å²) in [5.41, 5.74) is 0. The van der Waals surface area contributed by atoms with E-state index in [1.165, 1.54) is 6.42 Å². The van der Waals surface area contributed by atoms with Gasteiger partial charge in [0.2, 0.25) is 17.2 Å². The molecular formula is C11H16ClN5O. The Morgan fingerprint density at radius 3 is 3.06 bits per heavy atom. The van der Waals surface area contributed by atoms with Gasteiger partial charge in [0.15, 0.2) is 0 Å². The van der Waals surface area contributed by atoms with Crippen LogP contribution in [0.5, 0.6) is 0 Å². The number of hydrogen-bond donors (Lipinski definition) is 1. The molecule has 1 aliphatic heterocycles. The fourth-order valence-electron chi connectivity index (χ4n) is 2.75. The minimum absolute atomic E-state index is 0.227. The first-order valence-electron chi connectivity index (χ1n) is 6.25. The molecule has 0 aromatic carbocycles. The minimum Gasteiger partial charge on any atom is -0.374 e. The molecule has 1 aliphatic carbocycles. The summed E-state index contributed by atoms with van der Waals surface area (Å²) >= 11 is 5.93. The summed E-state index contributed by atoms with van der Waals surface area (Å²) in [6.45, 7) is 1.53. The third-order valence-corrected chi connectivity index (χ3v) is 3.73. The monoisotopic (exact) mass is 269 g/mol. The summed E-state index contributed by atoms with van der Waals surface area (Å²) in [6, 6.07) is 0.377. The molecule has 2 aliphatic rings. The first kappa shape index (κ1) is 11.9. The van der Waals surface area contributed by atoms with Gasteiger partial charge in [-0.3, -0.25) is 0 Å². The zero-order valence-electron chi connectivity index (χ0n) is 10.3. The standard InChI is InChI=1S/C11H16ClN5O/c1-13-10-14-9(12)15-11(16-10)17-5-6-18-8-4-2-3-7(8)17/h7-8H,2-6H2,1H3,(H,13,14,15,16). The molecule has 1 N–H and O–H groups in total. The first-order chi connectivity index (χ1) is 8.78. The van der Waals surface area contributed by atoms with Crippen molar-refractivity contribution in [2.45, 2.75) is 31.4 Å². The van der Waals surface area contributed by atoms with E-state index in [4.69, 9.17) is 16.3 Å². The van der Waals surface area contributed by atoms with Gasteiger partial charge in [-0.05, 0) is 30.9 Å². The van der Waals surface area contributed by atoms with Crippen LogP contribution in [0.2, 0.25) is 5.28 Å². The summed E-state index contributed by atoms with van der Waals surface area (Å²) in [5, 5.41) is 3.13. The number of nitrogens with zero attached hydrogens (tertiary/aromatic N) is 4. The molecule has 98 valence electrons. The van der Waals surface area contributed by atoms with Crippen LogP contribution < -0.4 is 10.2 Å². The van der Waals surface area contributed by atoms with E-state index in [-0.39, 0.29) is 5.28 Å². The van der Waals surface area contributed by atoms with Crippen molar-refractivity contribution in [3.8, 4) is 0 Å². The van der Waals surface area contributed by atoms with Crippen LogP contribution in [0.1, 0.15) is 19.3 Å². The molecule has 6 nitrogen and oxygen atoms in total. The van der Waals surface area contributed by atoms with Gasteiger partial charge >= 0.3 is 0 Å². The molecule has 1 aromatic rings. The number of ether oxygens (including phenoxy) is 1. The Hall–Kier alpha value is -1.14. The second kappa shape index (κ2) is 4.85. The van der Waals surface area contributed by atoms with Gasteiger partial charge in [0.05, 0.1) is 18.8 Å². The Morgan fingerprint density at radius 1 is 1.33 bits per heavy atom. The van der Waals surface area contributed by atoms with Crippen LogP contribution in [0.4, 0.5) is 11.9 Å². The summed E-state index contributed by atoms with van der Waals surface area (Å²) < 4.78 is 5.78. The van der Waals surface area contributed by atoms with E-state index in [2.05, 4.69) is 25.2 Å². The highest BCUT2D eigenvalue weighted by atomic mass is 35.5. The molecule has 2 atom stereocenters. The van der Waals surface area contributed by atoms with Crippen molar-refractivity contribution < 1.29 is 4.74 Å². The Bertz CT molecular complexity index is 443. The predicted molar refractivity (Wildman–Crippen MR) is 69.1 cm³/mol. The molecule has 2 unspecified atom stereocenters. The van der Waals surface area contributed by atoms with Crippen molar-refractivity contribution in [3.05, 3.63) is 5.28 Å². The normalized spacial score (nSPS) is 27.1. The van der Waals surface area contributed by atoms with Gasteiger partial charge in [-0.25, -0.2) is 0 Å². The van der Waals surface area contributed by atoms with Crippen molar-refractivity contribution in [1.82, 2.24) is 15.0 Å². The molecule has 2 heterocycles. The zero-order valence-corrected chi connectivity index (χ0v) is 11.0. The van der Waals surface area contributed by atoms with E-state index >= 15 is 0 Å². The minimum atomic E-state index is 0.227.